The van der Waals surface area contributed by atoms with E-state index in [0.717, 1.165) is 22.5 Å². The highest BCUT2D eigenvalue weighted by molar-refractivity contribution is 5.90. The number of ether oxygens (including phenoxy) is 1. The summed E-state index contributed by atoms with van der Waals surface area (Å²) in [5.74, 6) is 1.62. The number of rotatable bonds is 6. The van der Waals surface area contributed by atoms with Gasteiger partial charge >= 0.3 is 0 Å². The summed E-state index contributed by atoms with van der Waals surface area (Å²) in [5.41, 5.74) is 1.34. The first-order chi connectivity index (χ1) is 13.7. The van der Waals surface area contributed by atoms with Gasteiger partial charge in [-0.2, -0.15) is 0 Å². The van der Waals surface area contributed by atoms with Crippen molar-refractivity contribution in [1.82, 2.24) is 15.0 Å². The largest absolute Gasteiger partial charge is 0.492 e. The normalized spacial score (nSPS) is 10.8. The number of anilines is 1. The molecule has 2 heterocycles. The van der Waals surface area contributed by atoms with Crippen LogP contribution < -0.4 is 9.64 Å². The molecule has 0 saturated heterocycles. The Bertz CT molecular complexity index is 1090. The number of nitrogens with zero attached hydrogens (tertiary/aromatic N) is 4. The van der Waals surface area contributed by atoms with Crippen LogP contribution in [0.4, 0.5) is 10.2 Å². The summed E-state index contributed by atoms with van der Waals surface area (Å²) >= 11 is 0. The van der Waals surface area contributed by atoms with E-state index < -0.39 is 5.82 Å². The number of pyridine rings is 1. The minimum absolute atomic E-state index is 0.416. The molecule has 2 aromatic heterocycles. The lowest BCUT2D eigenvalue weighted by molar-refractivity contribution is 0.326. The fourth-order valence-electron chi connectivity index (χ4n) is 2.94. The first kappa shape index (κ1) is 17.9. The molecule has 0 unspecified atom stereocenters. The fraction of sp³-hybridized carbons (Fsp3) is 0.136. The Balaban J connectivity index is 1.63. The number of aromatic nitrogens is 3. The molecule has 0 aliphatic heterocycles. The standard InChI is InChI=1S/C22H19FN4O/c1-27(11-12-28-18-7-3-2-4-8-18)22-19-9-5-6-10-20(19)25-21(26-22)16-13-17(23)15-24-14-16/h2-10,13-15H,11-12H2,1H3. The van der Waals surface area contributed by atoms with E-state index in [9.17, 15) is 4.39 Å². The molecule has 6 heteroatoms. The second-order valence-electron chi connectivity index (χ2n) is 6.36. The van der Waals surface area contributed by atoms with Crippen molar-refractivity contribution >= 4 is 16.7 Å². The van der Waals surface area contributed by atoms with E-state index in [4.69, 9.17) is 9.72 Å². The maximum Gasteiger partial charge on any atom is 0.163 e. The molecular weight excluding hydrogens is 355 g/mol. The van der Waals surface area contributed by atoms with Gasteiger partial charge in [0.25, 0.3) is 0 Å². The third kappa shape index (κ3) is 3.91. The molecule has 0 fully saturated rings. The number of hydrogen-bond acceptors (Lipinski definition) is 5. The van der Waals surface area contributed by atoms with Crippen LogP contribution in [0.5, 0.6) is 5.75 Å². The van der Waals surface area contributed by atoms with E-state index in [1.807, 2.05) is 66.5 Å². The second kappa shape index (κ2) is 8.00. The smallest absolute Gasteiger partial charge is 0.163 e. The summed E-state index contributed by atoms with van der Waals surface area (Å²) < 4.78 is 19.4. The van der Waals surface area contributed by atoms with Crippen molar-refractivity contribution in [1.29, 1.82) is 0 Å². The predicted molar refractivity (Wildman–Crippen MR) is 108 cm³/mol. The monoisotopic (exact) mass is 374 g/mol. The molecule has 5 nitrogen and oxygen atoms in total. The Morgan fingerprint density at radius 3 is 2.57 bits per heavy atom. The minimum atomic E-state index is -0.416. The van der Waals surface area contributed by atoms with Gasteiger partial charge in [0.05, 0.1) is 18.3 Å². The lowest BCUT2D eigenvalue weighted by Gasteiger charge is -2.21. The number of para-hydroxylation sites is 2. The number of fused-ring (bicyclic) bond motifs is 1. The van der Waals surface area contributed by atoms with E-state index in [1.54, 1.807) is 6.20 Å². The van der Waals surface area contributed by atoms with Crippen LogP contribution in [-0.4, -0.2) is 35.2 Å². The van der Waals surface area contributed by atoms with Crippen molar-refractivity contribution in [3.63, 3.8) is 0 Å². The Kier molecular flexibility index (Phi) is 5.10. The van der Waals surface area contributed by atoms with Gasteiger partial charge in [-0.1, -0.05) is 30.3 Å². The van der Waals surface area contributed by atoms with Crippen LogP contribution in [0.25, 0.3) is 22.3 Å². The van der Waals surface area contributed by atoms with Gasteiger partial charge in [-0.05, 0) is 30.3 Å². The zero-order valence-electron chi connectivity index (χ0n) is 15.4. The van der Waals surface area contributed by atoms with Crippen molar-refractivity contribution in [3.8, 4) is 17.1 Å². The summed E-state index contributed by atoms with van der Waals surface area (Å²) in [6, 6.07) is 18.8. The lowest BCUT2D eigenvalue weighted by Crippen LogP contribution is -2.25. The summed E-state index contributed by atoms with van der Waals surface area (Å²) in [5, 5.41) is 0.929. The van der Waals surface area contributed by atoms with Gasteiger partial charge in [0.15, 0.2) is 5.82 Å². The molecule has 0 bridgehead atoms. The van der Waals surface area contributed by atoms with Crippen LogP contribution >= 0.6 is 0 Å². The molecule has 2 aromatic carbocycles. The summed E-state index contributed by atoms with van der Waals surface area (Å²) in [7, 11) is 1.96. The molecule has 4 rings (SSSR count). The highest BCUT2D eigenvalue weighted by Gasteiger charge is 2.13. The number of benzene rings is 2. The van der Waals surface area contributed by atoms with Gasteiger partial charge in [-0.15, -0.1) is 0 Å². The Morgan fingerprint density at radius 1 is 0.964 bits per heavy atom. The molecule has 0 saturated carbocycles. The molecule has 28 heavy (non-hydrogen) atoms. The van der Waals surface area contributed by atoms with Crippen molar-refractivity contribution in [2.75, 3.05) is 25.1 Å². The average molecular weight is 374 g/mol. The van der Waals surface area contributed by atoms with Gasteiger partial charge in [0, 0.05) is 24.2 Å². The van der Waals surface area contributed by atoms with Crippen molar-refractivity contribution < 1.29 is 9.13 Å². The van der Waals surface area contributed by atoms with Crippen LogP contribution in [0, 0.1) is 5.82 Å². The molecule has 0 atom stereocenters. The molecule has 0 radical (unpaired) electrons. The number of hydrogen-bond donors (Lipinski definition) is 0. The molecule has 140 valence electrons. The highest BCUT2D eigenvalue weighted by Crippen LogP contribution is 2.26. The number of halogens is 1. The maximum absolute atomic E-state index is 13.6. The van der Waals surface area contributed by atoms with Crippen LogP contribution in [0.15, 0.2) is 73.1 Å². The summed E-state index contributed by atoms with van der Waals surface area (Å²) in [6.07, 6.45) is 2.73. The predicted octanol–water partition coefficient (Wildman–Crippen LogP) is 4.35. The van der Waals surface area contributed by atoms with Crippen LogP contribution in [-0.2, 0) is 0 Å². The first-order valence-electron chi connectivity index (χ1n) is 8.97. The van der Waals surface area contributed by atoms with Gasteiger partial charge < -0.3 is 9.64 Å². The van der Waals surface area contributed by atoms with Gasteiger partial charge in [-0.3, -0.25) is 4.98 Å². The molecular formula is C22H19FN4O. The zero-order valence-corrected chi connectivity index (χ0v) is 15.4. The topological polar surface area (TPSA) is 51.1 Å². The minimum Gasteiger partial charge on any atom is -0.492 e. The molecule has 0 aliphatic rings. The Morgan fingerprint density at radius 2 is 1.75 bits per heavy atom. The van der Waals surface area contributed by atoms with E-state index in [-0.39, 0.29) is 0 Å². The van der Waals surface area contributed by atoms with E-state index >= 15 is 0 Å². The lowest BCUT2D eigenvalue weighted by atomic mass is 10.2. The van der Waals surface area contributed by atoms with Crippen LogP contribution in [0.2, 0.25) is 0 Å². The van der Waals surface area contributed by atoms with E-state index in [2.05, 4.69) is 9.97 Å². The SMILES string of the molecule is CN(CCOc1ccccc1)c1nc(-c2cncc(F)c2)nc2ccccc12. The molecule has 0 spiro atoms. The van der Waals surface area contributed by atoms with Crippen LogP contribution in [0.3, 0.4) is 0 Å². The second-order valence-corrected chi connectivity index (χ2v) is 6.36. The van der Waals surface area contributed by atoms with Crippen LogP contribution in [0.1, 0.15) is 0 Å². The van der Waals surface area contributed by atoms with Crippen molar-refractivity contribution in [3.05, 3.63) is 78.9 Å². The summed E-state index contributed by atoms with van der Waals surface area (Å²) in [6.45, 7) is 1.15. The zero-order chi connectivity index (χ0) is 19.3. The quantitative estimate of drug-likeness (QED) is 0.502. The van der Waals surface area contributed by atoms with Gasteiger partial charge in [-0.25, -0.2) is 14.4 Å². The molecule has 4 aromatic rings. The third-order valence-electron chi connectivity index (χ3n) is 4.35. The molecule has 0 N–H and O–H groups in total. The Labute approximate surface area is 162 Å². The highest BCUT2D eigenvalue weighted by atomic mass is 19.1. The molecule has 0 aliphatic carbocycles. The maximum atomic E-state index is 13.6. The van der Waals surface area contributed by atoms with E-state index in [1.165, 1.54) is 12.3 Å². The molecule has 0 amide bonds. The van der Waals surface area contributed by atoms with Crippen molar-refractivity contribution in [2.24, 2.45) is 0 Å². The van der Waals surface area contributed by atoms with Gasteiger partial charge in [0.2, 0.25) is 0 Å². The number of likely N-dealkylation sites (N-methyl/N-ethyl adjacent to an activating group) is 1. The first-order valence-corrected chi connectivity index (χ1v) is 8.97. The average Bonchev–Trinajstić information content (AvgIpc) is 2.73. The fourth-order valence-corrected chi connectivity index (χ4v) is 2.94. The third-order valence-corrected chi connectivity index (χ3v) is 4.35. The van der Waals surface area contributed by atoms with E-state index in [0.29, 0.717) is 24.5 Å². The van der Waals surface area contributed by atoms with Gasteiger partial charge in [0.1, 0.15) is 24.0 Å². The summed E-state index contributed by atoms with van der Waals surface area (Å²) in [4.78, 5) is 15.2. The van der Waals surface area contributed by atoms with Crippen molar-refractivity contribution in [2.45, 2.75) is 0 Å². The Hall–Kier alpha value is -3.54.